The highest BCUT2D eigenvalue weighted by Gasteiger charge is 2.38. The summed E-state index contributed by atoms with van der Waals surface area (Å²) < 4.78 is 39.9. The molecule has 116 valence electrons. The molecule has 0 aliphatic heterocycles. The Morgan fingerprint density at radius 2 is 2.05 bits per heavy atom. The quantitative estimate of drug-likeness (QED) is 0.726. The van der Waals surface area contributed by atoms with E-state index in [-0.39, 0.29) is 11.1 Å². The molecule has 0 bridgehead atoms. The maximum absolute atomic E-state index is 13.3. The highest BCUT2D eigenvalue weighted by atomic mass is 19.4. The molecule has 7 heteroatoms. The second kappa shape index (κ2) is 6.62. The molecule has 0 aromatic heterocycles. The third-order valence-corrected chi connectivity index (χ3v) is 2.88. The summed E-state index contributed by atoms with van der Waals surface area (Å²) in [5.41, 5.74) is 3.20. The van der Waals surface area contributed by atoms with Crippen LogP contribution in [0.15, 0.2) is 12.1 Å². The Kier molecular flexibility index (Phi) is 5.37. The molecular weight excluding hydrogens is 285 g/mol. The molecule has 0 heterocycles. The lowest BCUT2D eigenvalue weighted by molar-refractivity contribution is -0.137. The van der Waals surface area contributed by atoms with Crippen molar-refractivity contribution in [2.75, 3.05) is 12.0 Å². The minimum absolute atomic E-state index is 0.0222. The van der Waals surface area contributed by atoms with Crippen LogP contribution in [-0.2, 0) is 6.18 Å². The van der Waals surface area contributed by atoms with Gasteiger partial charge in [0.1, 0.15) is 0 Å². The second-order valence-electron chi connectivity index (χ2n) is 4.35. The van der Waals surface area contributed by atoms with Crippen LogP contribution in [0.4, 0.5) is 18.9 Å². The summed E-state index contributed by atoms with van der Waals surface area (Å²) in [6, 6.07) is 1.23. The fourth-order valence-electron chi connectivity index (χ4n) is 1.98. The van der Waals surface area contributed by atoms with Crippen LogP contribution in [0.1, 0.15) is 40.9 Å². The molecule has 0 aliphatic rings. The lowest BCUT2D eigenvalue weighted by atomic mass is 9.95. The molecule has 4 nitrogen and oxygen atoms in total. The number of anilines is 1. The van der Waals surface area contributed by atoms with Crippen molar-refractivity contribution in [1.29, 1.82) is 0 Å². The smallest absolute Gasteiger partial charge is 0.418 e. The van der Waals surface area contributed by atoms with Crippen molar-refractivity contribution in [3.05, 3.63) is 34.4 Å². The number of carboxylic acid groups (broad SMARTS) is 1. The van der Waals surface area contributed by atoms with Crippen molar-refractivity contribution in [1.82, 2.24) is 5.43 Å². The van der Waals surface area contributed by atoms with E-state index in [1.54, 1.807) is 19.9 Å². The molecule has 0 fully saturated rings. The van der Waals surface area contributed by atoms with Crippen molar-refractivity contribution in [3.63, 3.8) is 0 Å². The molecule has 1 aromatic rings. The van der Waals surface area contributed by atoms with E-state index in [1.807, 2.05) is 0 Å². The molecule has 0 radical (unpaired) electrons. The summed E-state index contributed by atoms with van der Waals surface area (Å²) in [4.78, 5) is 11.3. The van der Waals surface area contributed by atoms with Crippen LogP contribution in [0.25, 0.3) is 6.08 Å². The Hall–Kier alpha value is -2.02. The molecule has 0 saturated heterocycles. The van der Waals surface area contributed by atoms with E-state index >= 15 is 0 Å². The number of allylic oxidation sites excluding steroid dienone is 1. The largest absolute Gasteiger partial charge is 0.478 e. The Morgan fingerprint density at radius 3 is 2.48 bits per heavy atom. The first kappa shape index (κ1) is 17.0. The number of hydrogen-bond acceptors (Lipinski definition) is 3. The number of carboxylic acids is 1. The molecule has 1 rings (SSSR count). The van der Waals surface area contributed by atoms with E-state index < -0.39 is 29.0 Å². The van der Waals surface area contributed by atoms with E-state index in [2.05, 4.69) is 10.9 Å². The highest BCUT2D eigenvalue weighted by molar-refractivity contribution is 5.96. The molecule has 1 aromatic carbocycles. The van der Waals surface area contributed by atoms with Gasteiger partial charge in [0.05, 0.1) is 16.8 Å². The van der Waals surface area contributed by atoms with Crippen molar-refractivity contribution in [2.45, 2.75) is 26.9 Å². The Morgan fingerprint density at radius 1 is 1.43 bits per heavy atom. The van der Waals surface area contributed by atoms with E-state index in [9.17, 15) is 23.1 Å². The van der Waals surface area contributed by atoms with Crippen LogP contribution < -0.4 is 10.9 Å². The summed E-state index contributed by atoms with van der Waals surface area (Å²) in [5, 5.41) is 9.18. The minimum Gasteiger partial charge on any atom is -0.478 e. The summed E-state index contributed by atoms with van der Waals surface area (Å²) in [5.74, 6) is -1.42. The lowest BCUT2D eigenvalue weighted by Gasteiger charge is -2.21. The van der Waals surface area contributed by atoms with Gasteiger partial charge in [-0.2, -0.15) is 13.2 Å². The molecule has 0 saturated carbocycles. The van der Waals surface area contributed by atoms with Gasteiger partial charge in [-0.25, -0.2) is 10.2 Å². The monoisotopic (exact) mass is 302 g/mol. The first-order valence-electron chi connectivity index (χ1n) is 6.33. The number of benzene rings is 1. The molecule has 0 unspecified atom stereocenters. The minimum atomic E-state index is -4.66. The SMILES string of the molecule is CC=Cc1cc(C(=O)O)c(NNCC)c(C(F)(F)F)c1C. The van der Waals surface area contributed by atoms with Gasteiger partial charge >= 0.3 is 12.1 Å². The molecular formula is C14H17F3N2O2. The van der Waals surface area contributed by atoms with Gasteiger partial charge in [-0.3, -0.25) is 0 Å². The van der Waals surface area contributed by atoms with Crippen LogP contribution in [-0.4, -0.2) is 17.6 Å². The van der Waals surface area contributed by atoms with E-state index in [1.165, 1.54) is 19.1 Å². The molecule has 0 atom stereocenters. The highest BCUT2D eigenvalue weighted by Crippen LogP contribution is 2.40. The van der Waals surface area contributed by atoms with Gasteiger partial charge in [0, 0.05) is 6.54 Å². The van der Waals surface area contributed by atoms with Gasteiger partial charge < -0.3 is 10.5 Å². The predicted molar refractivity (Wildman–Crippen MR) is 75.1 cm³/mol. The maximum atomic E-state index is 13.3. The number of aromatic carboxylic acids is 1. The Balaban J connectivity index is 3.71. The van der Waals surface area contributed by atoms with Gasteiger partial charge in [0.2, 0.25) is 0 Å². The van der Waals surface area contributed by atoms with Crippen LogP contribution in [0.3, 0.4) is 0 Å². The fraction of sp³-hybridized carbons (Fsp3) is 0.357. The third kappa shape index (κ3) is 3.75. The second-order valence-corrected chi connectivity index (χ2v) is 4.35. The summed E-state index contributed by atoms with van der Waals surface area (Å²) in [7, 11) is 0. The van der Waals surface area contributed by atoms with E-state index in [4.69, 9.17) is 0 Å². The number of carbonyl (C=O) groups is 1. The van der Waals surface area contributed by atoms with Gasteiger partial charge in [-0.15, -0.1) is 0 Å². The average molecular weight is 302 g/mol. The van der Waals surface area contributed by atoms with Gasteiger partial charge in [0.25, 0.3) is 0 Å². The zero-order valence-electron chi connectivity index (χ0n) is 11.9. The zero-order valence-corrected chi connectivity index (χ0v) is 11.9. The average Bonchev–Trinajstić information content (AvgIpc) is 2.36. The first-order valence-corrected chi connectivity index (χ1v) is 6.33. The number of hydrogen-bond donors (Lipinski definition) is 3. The number of rotatable bonds is 5. The van der Waals surface area contributed by atoms with Gasteiger partial charge in [-0.05, 0) is 31.0 Å². The van der Waals surface area contributed by atoms with Crippen LogP contribution in [0.5, 0.6) is 0 Å². The molecule has 0 amide bonds. The van der Waals surface area contributed by atoms with Gasteiger partial charge in [-0.1, -0.05) is 19.1 Å². The van der Waals surface area contributed by atoms with E-state index in [0.717, 1.165) is 0 Å². The number of nitrogens with one attached hydrogen (secondary N) is 2. The summed E-state index contributed by atoms with van der Waals surface area (Å²) in [6.45, 7) is 4.99. The molecule has 0 aliphatic carbocycles. The fourth-order valence-corrected chi connectivity index (χ4v) is 1.98. The topological polar surface area (TPSA) is 61.4 Å². The molecule has 0 spiro atoms. The van der Waals surface area contributed by atoms with Crippen molar-refractivity contribution in [2.24, 2.45) is 0 Å². The molecule has 21 heavy (non-hydrogen) atoms. The van der Waals surface area contributed by atoms with Crippen LogP contribution in [0, 0.1) is 6.92 Å². The lowest BCUT2D eigenvalue weighted by Crippen LogP contribution is -2.26. The summed E-state index contributed by atoms with van der Waals surface area (Å²) >= 11 is 0. The number of alkyl halides is 3. The van der Waals surface area contributed by atoms with Crippen molar-refractivity contribution >= 4 is 17.7 Å². The number of halogens is 3. The standard InChI is InChI=1S/C14H17F3N2O2/c1-4-6-9-7-10(13(20)21)12(19-18-5-2)11(8(9)3)14(15,16)17/h4,6-7,18-19H,5H2,1-3H3,(H,20,21). The van der Waals surface area contributed by atoms with Gasteiger partial charge in [0.15, 0.2) is 0 Å². The Labute approximate surface area is 120 Å². The first-order chi connectivity index (χ1) is 9.73. The summed E-state index contributed by atoms with van der Waals surface area (Å²) in [6.07, 6.45) is -1.65. The normalized spacial score (nSPS) is 11.9. The third-order valence-electron chi connectivity index (χ3n) is 2.88. The van der Waals surface area contributed by atoms with Crippen molar-refractivity contribution < 1.29 is 23.1 Å². The zero-order chi connectivity index (χ0) is 16.2. The molecule has 3 N–H and O–H groups in total. The van der Waals surface area contributed by atoms with Crippen molar-refractivity contribution in [3.8, 4) is 0 Å². The maximum Gasteiger partial charge on any atom is 0.418 e. The van der Waals surface area contributed by atoms with Crippen LogP contribution >= 0.6 is 0 Å². The predicted octanol–water partition coefficient (Wildman–Crippen LogP) is 3.68. The number of hydrazine groups is 1. The van der Waals surface area contributed by atoms with E-state index in [0.29, 0.717) is 6.54 Å². The van der Waals surface area contributed by atoms with Crippen LogP contribution in [0.2, 0.25) is 0 Å². The Bertz CT molecular complexity index is 566.